The molecule has 1 saturated carbocycles. The normalized spacial score (nSPS) is 17.0. The van der Waals surface area contributed by atoms with E-state index in [2.05, 4.69) is 21.4 Å². The van der Waals surface area contributed by atoms with Gasteiger partial charge < -0.3 is 19.8 Å². The number of sulfonamides is 1. The highest BCUT2D eigenvalue weighted by Gasteiger charge is 2.27. The second-order valence-electron chi connectivity index (χ2n) is 9.82. The van der Waals surface area contributed by atoms with E-state index in [1.165, 1.54) is 6.42 Å². The Balaban J connectivity index is 1.34. The molecule has 0 spiro atoms. The van der Waals surface area contributed by atoms with Crippen LogP contribution in [0, 0.1) is 0 Å². The zero-order valence-electron chi connectivity index (χ0n) is 20.6. The number of hydrogen-bond acceptors (Lipinski definition) is 5. The molecule has 192 valence electrons. The van der Waals surface area contributed by atoms with Crippen molar-refractivity contribution >= 4 is 32.3 Å². The summed E-state index contributed by atoms with van der Waals surface area (Å²) in [6.45, 7) is 1.47. The lowest BCUT2D eigenvalue weighted by Crippen LogP contribution is -2.25. The lowest BCUT2D eigenvalue weighted by Gasteiger charge is -2.30. The zero-order valence-corrected chi connectivity index (χ0v) is 21.4. The fourth-order valence-electron chi connectivity index (χ4n) is 5.20. The number of anilines is 2. The van der Waals surface area contributed by atoms with Gasteiger partial charge in [0.25, 0.3) is 10.0 Å². The van der Waals surface area contributed by atoms with E-state index in [0.717, 1.165) is 72.5 Å². The van der Waals surface area contributed by atoms with Crippen molar-refractivity contribution in [2.24, 2.45) is 0 Å². The number of nitrogens with one attached hydrogen (secondary N) is 1. The fraction of sp³-hybridized carbons (Fsp3) is 0.310. The highest BCUT2D eigenvalue weighted by Crippen LogP contribution is 2.45. The highest BCUT2D eigenvalue weighted by molar-refractivity contribution is 7.92. The molecule has 4 aromatic rings. The van der Waals surface area contributed by atoms with Crippen molar-refractivity contribution in [1.29, 1.82) is 0 Å². The smallest absolute Gasteiger partial charge is 0.261 e. The van der Waals surface area contributed by atoms with Crippen LogP contribution in [0.1, 0.15) is 38.1 Å². The third kappa shape index (κ3) is 4.67. The molecule has 3 aromatic carbocycles. The molecule has 7 nitrogen and oxygen atoms in total. The number of ether oxygens (including phenoxy) is 2. The molecule has 8 heteroatoms. The van der Waals surface area contributed by atoms with Gasteiger partial charge in [0.15, 0.2) is 0 Å². The molecule has 3 N–H and O–H groups in total. The Labute approximate surface area is 217 Å². The highest BCUT2D eigenvalue weighted by atomic mass is 32.2. The Morgan fingerprint density at radius 1 is 0.919 bits per heavy atom. The molecular weight excluding hydrogens is 486 g/mol. The van der Waals surface area contributed by atoms with Gasteiger partial charge in [0.2, 0.25) is 0 Å². The monoisotopic (exact) mass is 517 g/mol. The average molecular weight is 518 g/mol. The van der Waals surface area contributed by atoms with Crippen molar-refractivity contribution in [2.45, 2.75) is 49.1 Å². The molecule has 6 rings (SSSR count). The molecule has 1 saturated heterocycles. The van der Waals surface area contributed by atoms with Crippen LogP contribution < -0.4 is 15.2 Å². The number of nitrogens with two attached hydrogens (primary N) is 1. The molecule has 0 amide bonds. The minimum absolute atomic E-state index is 0.169. The van der Waals surface area contributed by atoms with Crippen molar-refractivity contribution in [3.63, 3.8) is 0 Å². The number of aromatic nitrogens is 1. The Morgan fingerprint density at radius 2 is 1.65 bits per heavy atom. The van der Waals surface area contributed by atoms with Crippen LogP contribution in [0.3, 0.4) is 0 Å². The van der Waals surface area contributed by atoms with Crippen LogP contribution in [-0.4, -0.2) is 32.3 Å². The van der Waals surface area contributed by atoms with Crippen LogP contribution in [0.2, 0.25) is 0 Å². The minimum atomic E-state index is -3.65. The predicted octanol–water partition coefficient (Wildman–Crippen LogP) is 5.97. The maximum Gasteiger partial charge on any atom is 0.261 e. The quantitative estimate of drug-likeness (QED) is 0.315. The van der Waals surface area contributed by atoms with E-state index in [-0.39, 0.29) is 11.0 Å². The molecule has 1 aliphatic heterocycles. The van der Waals surface area contributed by atoms with E-state index in [4.69, 9.17) is 15.2 Å². The van der Waals surface area contributed by atoms with Gasteiger partial charge in [-0.2, -0.15) is 0 Å². The van der Waals surface area contributed by atoms with E-state index in [1.807, 2.05) is 18.2 Å². The van der Waals surface area contributed by atoms with Gasteiger partial charge in [-0.1, -0.05) is 30.3 Å². The summed E-state index contributed by atoms with van der Waals surface area (Å²) >= 11 is 0. The Hall–Kier alpha value is -3.49. The number of benzene rings is 3. The number of rotatable bonds is 7. The predicted molar refractivity (Wildman–Crippen MR) is 146 cm³/mol. The number of fused-ring (bicyclic) bond motifs is 1. The lowest BCUT2D eigenvalue weighted by molar-refractivity contribution is 0.0256. The van der Waals surface area contributed by atoms with Crippen LogP contribution in [0.15, 0.2) is 77.7 Å². The first kappa shape index (κ1) is 23.9. The molecule has 0 radical (unpaired) electrons. The SMILES string of the molecule is Nc1c(-c2ccc(NS(=O)(=O)c3ccccc3)cc2)n(C2CCC2)c2cc(OC3CCOCC3)ccc12. The molecule has 37 heavy (non-hydrogen) atoms. The van der Waals surface area contributed by atoms with Crippen LogP contribution >= 0.6 is 0 Å². The van der Waals surface area contributed by atoms with Gasteiger partial charge in [0.05, 0.1) is 35.0 Å². The molecular formula is C29H31N3O4S. The van der Waals surface area contributed by atoms with Gasteiger partial charge >= 0.3 is 0 Å². The first-order valence-corrected chi connectivity index (χ1v) is 14.3. The van der Waals surface area contributed by atoms with Crippen LogP contribution in [0.25, 0.3) is 22.2 Å². The summed E-state index contributed by atoms with van der Waals surface area (Å²) in [7, 11) is -3.65. The Morgan fingerprint density at radius 3 is 2.32 bits per heavy atom. The van der Waals surface area contributed by atoms with E-state index < -0.39 is 10.0 Å². The summed E-state index contributed by atoms with van der Waals surface area (Å²) in [5.74, 6) is 0.856. The molecule has 2 aliphatic rings. The second kappa shape index (κ2) is 9.76. The third-order valence-electron chi connectivity index (χ3n) is 7.39. The van der Waals surface area contributed by atoms with Gasteiger partial charge in [-0.3, -0.25) is 4.72 Å². The lowest BCUT2D eigenvalue weighted by atomic mass is 9.92. The molecule has 2 heterocycles. The topological polar surface area (TPSA) is 95.6 Å². The van der Waals surface area contributed by atoms with Crippen molar-refractivity contribution < 1.29 is 17.9 Å². The minimum Gasteiger partial charge on any atom is -0.490 e. The standard InChI is InChI=1S/C29H31N3O4S/c30-28-26-14-13-24(36-23-15-17-35-18-16-23)19-27(26)32(22-5-4-6-22)29(28)20-9-11-21(12-10-20)31-37(33,34)25-7-2-1-3-8-25/h1-3,7-14,19,22-23,31H,4-6,15-18,30H2. The van der Waals surface area contributed by atoms with Gasteiger partial charge in [0.1, 0.15) is 11.9 Å². The number of hydrogen-bond donors (Lipinski definition) is 2. The summed E-state index contributed by atoms with van der Waals surface area (Å²) in [6, 6.07) is 22.4. The van der Waals surface area contributed by atoms with Gasteiger partial charge in [0, 0.05) is 41.6 Å². The van der Waals surface area contributed by atoms with Crippen molar-refractivity contribution in [3.8, 4) is 17.0 Å². The van der Waals surface area contributed by atoms with E-state index >= 15 is 0 Å². The zero-order chi connectivity index (χ0) is 25.4. The summed E-state index contributed by atoms with van der Waals surface area (Å²) in [5.41, 5.74) is 11.0. The maximum atomic E-state index is 12.7. The summed E-state index contributed by atoms with van der Waals surface area (Å²) < 4.78 is 42.3. The second-order valence-corrected chi connectivity index (χ2v) is 11.5. The fourth-order valence-corrected chi connectivity index (χ4v) is 6.28. The van der Waals surface area contributed by atoms with E-state index in [1.54, 1.807) is 42.5 Å². The molecule has 2 fully saturated rings. The molecule has 0 bridgehead atoms. The number of nitrogens with zero attached hydrogens (tertiary/aromatic N) is 1. The van der Waals surface area contributed by atoms with Gasteiger partial charge in [-0.05, 0) is 55.7 Å². The van der Waals surface area contributed by atoms with E-state index in [0.29, 0.717) is 11.7 Å². The van der Waals surface area contributed by atoms with Crippen molar-refractivity contribution in [2.75, 3.05) is 23.7 Å². The van der Waals surface area contributed by atoms with Gasteiger partial charge in [-0.25, -0.2) is 8.42 Å². The Bertz CT molecular complexity index is 1500. The Kier molecular flexibility index (Phi) is 6.30. The molecule has 1 aliphatic carbocycles. The summed E-state index contributed by atoms with van der Waals surface area (Å²) in [4.78, 5) is 0.229. The molecule has 0 unspecified atom stereocenters. The molecule has 1 aromatic heterocycles. The first-order chi connectivity index (χ1) is 18.0. The third-order valence-corrected chi connectivity index (χ3v) is 8.79. The summed E-state index contributed by atoms with van der Waals surface area (Å²) in [5, 5.41) is 1.01. The maximum absolute atomic E-state index is 12.7. The van der Waals surface area contributed by atoms with Crippen LogP contribution in [0.5, 0.6) is 5.75 Å². The van der Waals surface area contributed by atoms with Gasteiger partial charge in [-0.15, -0.1) is 0 Å². The van der Waals surface area contributed by atoms with Crippen LogP contribution in [-0.2, 0) is 14.8 Å². The summed E-state index contributed by atoms with van der Waals surface area (Å²) in [6.07, 6.45) is 5.38. The molecule has 0 atom stereocenters. The first-order valence-electron chi connectivity index (χ1n) is 12.9. The average Bonchev–Trinajstić information content (AvgIpc) is 3.16. The van der Waals surface area contributed by atoms with Crippen LogP contribution in [0.4, 0.5) is 11.4 Å². The van der Waals surface area contributed by atoms with E-state index in [9.17, 15) is 8.42 Å². The van der Waals surface area contributed by atoms with Crippen molar-refractivity contribution in [3.05, 3.63) is 72.8 Å². The number of nitrogen functional groups attached to an aromatic ring is 1. The largest absolute Gasteiger partial charge is 0.490 e. The van der Waals surface area contributed by atoms with Crippen molar-refractivity contribution in [1.82, 2.24) is 4.57 Å².